The molecule has 0 aromatic heterocycles. The summed E-state index contributed by atoms with van der Waals surface area (Å²) in [5, 5.41) is 8.29. The van der Waals surface area contributed by atoms with E-state index >= 15 is 0 Å². The largest absolute Gasteiger partial charge is 0.300 e. The Hall–Kier alpha value is -0.840. The molecule has 0 rings (SSSR count). The Morgan fingerprint density at radius 2 is 2.33 bits per heavy atom. The maximum atomic E-state index is 10.4. The van der Waals surface area contributed by atoms with Gasteiger partial charge in [0.15, 0.2) is 0 Å². The number of nitrogens with zero attached hydrogens (tertiary/aromatic N) is 1. The number of carbonyl (C=O) groups excluding carboxylic acids is 1. The molecule has 0 N–H and O–H groups in total. The average Bonchev–Trinajstić information content (AvgIpc) is 1.83. The molecule has 2 nitrogen and oxygen atoms in total. The number of Topliss-reactive ketones (excluding diaryl/α,β-unsaturated/α-hetero) is 1. The van der Waals surface area contributed by atoms with Crippen LogP contribution in [0.25, 0.3) is 0 Å². The van der Waals surface area contributed by atoms with E-state index in [1.165, 1.54) is 0 Å². The fraction of sp³-hybridized carbons (Fsp3) is 0.714. The van der Waals surface area contributed by atoms with Crippen LogP contribution in [0.15, 0.2) is 0 Å². The molecule has 0 aromatic rings. The maximum Gasteiger partial charge on any atom is 0.129 e. The van der Waals surface area contributed by atoms with Gasteiger partial charge in [-0.05, 0) is 20.3 Å². The third-order valence-electron chi connectivity index (χ3n) is 1.15. The number of rotatable bonds is 3. The van der Waals surface area contributed by atoms with Crippen molar-refractivity contribution in [2.45, 2.75) is 26.7 Å². The lowest BCUT2D eigenvalue weighted by Crippen LogP contribution is -1.95. The van der Waals surface area contributed by atoms with Crippen molar-refractivity contribution in [2.75, 3.05) is 0 Å². The molecule has 0 aliphatic carbocycles. The Morgan fingerprint density at radius 3 is 2.67 bits per heavy atom. The maximum absolute atomic E-state index is 10.4. The van der Waals surface area contributed by atoms with Gasteiger partial charge in [-0.1, -0.05) is 0 Å². The highest BCUT2D eigenvalue weighted by molar-refractivity contribution is 5.75. The topological polar surface area (TPSA) is 40.9 Å². The van der Waals surface area contributed by atoms with Gasteiger partial charge in [-0.2, -0.15) is 5.26 Å². The van der Waals surface area contributed by atoms with Crippen LogP contribution in [0.2, 0.25) is 0 Å². The van der Waals surface area contributed by atoms with E-state index in [1.54, 1.807) is 6.92 Å². The predicted octanol–water partition coefficient (Wildman–Crippen LogP) is 1.52. The van der Waals surface area contributed by atoms with Crippen LogP contribution in [0.5, 0.6) is 0 Å². The van der Waals surface area contributed by atoms with Crippen molar-refractivity contribution in [1.82, 2.24) is 0 Å². The number of hydrogen-bond acceptors (Lipinski definition) is 2. The van der Waals surface area contributed by atoms with Crippen LogP contribution in [0.4, 0.5) is 0 Å². The third kappa shape index (κ3) is 5.02. The molecule has 0 amide bonds. The van der Waals surface area contributed by atoms with Gasteiger partial charge in [-0.3, -0.25) is 0 Å². The minimum absolute atomic E-state index is 0.0221. The fourth-order valence-corrected chi connectivity index (χ4v) is 0.484. The second-order valence-corrected chi connectivity index (χ2v) is 2.27. The highest BCUT2D eigenvalue weighted by Gasteiger charge is 2.00. The van der Waals surface area contributed by atoms with Gasteiger partial charge in [0.2, 0.25) is 0 Å². The smallest absolute Gasteiger partial charge is 0.129 e. The molecular formula is C7H11NO. The van der Waals surface area contributed by atoms with Gasteiger partial charge in [0, 0.05) is 12.3 Å². The summed E-state index contributed by atoms with van der Waals surface area (Å²) < 4.78 is 0. The van der Waals surface area contributed by atoms with E-state index in [4.69, 9.17) is 5.26 Å². The Balaban J connectivity index is 3.30. The highest BCUT2D eigenvalue weighted by atomic mass is 16.1. The molecule has 0 heterocycles. The Morgan fingerprint density at radius 1 is 1.78 bits per heavy atom. The molecule has 0 aliphatic rings. The van der Waals surface area contributed by atoms with Gasteiger partial charge in [-0.15, -0.1) is 0 Å². The summed E-state index contributed by atoms with van der Waals surface area (Å²) in [7, 11) is 0. The summed E-state index contributed by atoms with van der Waals surface area (Å²) in [5.74, 6) is 0.186. The van der Waals surface area contributed by atoms with Gasteiger partial charge in [0.05, 0.1) is 6.07 Å². The summed E-state index contributed by atoms with van der Waals surface area (Å²) in [4.78, 5) is 10.4. The summed E-state index contributed by atoms with van der Waals surface area (Å²) in [6.07, 6.45) is 1.24. The lowest BCUT2D eigenvalue weighted by molar-refractivity contribution is -0.117. The van der Waals surface area contributed by atoms with Crippen LogP contribution in [0, 0.1) is 17.2 Å². The van der Waals surface area contributed by atoms with Crippen molar-refractivity contribution in [2.24, 2.45) is 5.92 Å². The van der Waals surface area contributed by atoms with Crippen LogP contribution in [-0.2, 0) is 4.79 Å². The van der Waals surface area contributed by atoms with Crippen molar-refractivity contribution in [1.29, 1.82) is 5.26 Å². The van der Waals surface area contributed by atoms with E-state index in [1.807, 2.05) is 6.92 Å². The number of ketones is 1. The zero-order valence-electron chi connectivity index (χ0n) is 5.85. The first-order valence-electron chi connectivity index (χ1n) is 3.06. The molecule has 0 radical (unpaired) electrons. The van der Waals surface area contributed by atoms with Crippen LogP contribution in [-0.4, -0.2) is 5.78 Å². The van der Waals surface area contributed by atoms with Crippen LogP contribution < -0.4 is 0 Å². The van der Waals surface area contributed by atoms with Crippen LogP contribution in [0.3, 0.4) is 0 Å². The van der Waals surface area contributed by atoms with Crippen molar-refractivity contribution < 1.29 is 4.79 Å². The number of nitriles is 1. The quantitative estimate of drug-likeness (QED) is 0.573. The standard InChI is InChI=1S/C7H11NO/c1-6(5-8)3-4-7(2)9/h6H,3-4H2,1-2H3/t6-/m1/s1. The van der Waals surface area contributed by atoms with Crippen molar-refractivity contribution in [3.05, 3.63) is 0 Å². The van der Waals surface area contributed by atoms with Crippen molar-refractivity contribution >= 4 is 5.78 Å². The molecule has 9 heavy (non-hydrogen) atoms. The van der Waals surface area contributed by atoms with Gasteiger partial charge in [0.1, 0.15) is 5.78 Å². The zero-order valence-corrected chi connectivity index (χ0v) is 5.85. The van der Waals surface area contributed by atoms with Crippen LogP contribution >= 0.6 is 0 Å². The predicted molar refractivity (Wildman–Crippen MR) is 34.7 cm³/mol. The van der Waals surface area contributed by atoms with Crippen LogP contribution in [0.1, 0.15) is 26.7 Å². The molecule has 2 heteroatoms. The van der Waals surface area contributed by atoms with Crippen molar-refractivity contribution in [3.8, 4) is 6.07 Å². The van der Waals surface area contributed by atoms with E-state index in [-0.39, 0.29) is 11.7 Å². The minimum atomic E-state index is 0.0221. The molecular weight excluding hydrogens is 114 g/mol. The minimum Gasteiger partial charge on any atom is -0.300 e. The molecule has 0 unspecified atom stereocenters. The zero-order chi connectivity index (χ0) is 7.28. The van der Waals surface area contributed by atoms with Gasteiger partial charge < -0.3 is 4.79 Å². The Bertz CT molecular complexity index is 134. The molecule has 0 saturated carbocycles. The van der Waals surface area contributed by atoms with Gasteiger partial charge in [0.25, 0.3) is 0 Å². The average molecular weight is 125 g/mol. The first-order chi connectivity index (χ1) is 4.16. The highest BCUT2D eigenvalue weighted by Crippen LogP contribution is 2.02. The third-order valence-corrected chi connectivity index (χ3v) is 1.15. The summed E-state index contributed by atoms with van der Waals surface area (Å²) in [6.45, 7) is 3.37. The normalized spacial score (nSPS) is 12.1. The van der Waals surface area contributed by atoms with Gasteiger partial charge >= 0.3 is 0 Å². The van der Waals surface area contributed by atoms with E-state index in [0.29, 0.717) is 12.8 Å². The number of carbonyl (C=O) groups is 1. The van der Waals surface area contributed by atoms with E-state index in [9.17, 15) is 4.79 Å². The fourth-order valence-electron chi connectivity index (χ4n) is 0.484. The van der Waals surface area contributed by atoms with Crippen molar-refractivity contribution in [3.63, 3.8) is 0 Å². The molecule has 0 bridgehead atoms. The van der Waals surface area contributed by atoms with E-state index in [0.717, 1.165) is 0 Å². The van der Waals surface area contributed by atoms with E-state index in [2.05, 4.69) is 6.07 Å². The first-order valence-corrected chi connectivity index (χ1v) is 3.06. The number of hydrogen-bond donors (Lipinski definition) is 0. The van der Waals surface area contributed by atoms with E-state index < -0.39 is 0 Å². The molecule has 0 fully saturated rings. The Kier molecular flexibility index (Phi) is 3.70. The summed E-state index contributed by atoms with van der Waals surface area (Å²) >= 11 is 0. The second kappa shape index (κ2) is 4.08. The Labute approximate surface area is 55.5 Å². The second-order valence-electron chi connectivity index (χ2n) is 2.27. The van der Waals surface area contributed by atoms with Gasteiger partial charge in [-0.25, -0.2) is 0 Å². The molecule has 0 spiro atoms. The summed E-state index contributed by atoms with van der Waals surface area (Å²) in [5.41, 5.74) is 0. The molecule has 0 aliphatic heterocycles. The monoisotopic (exact) mass is 125 g/mol. The molecule has 50 valence electrons. The summed E-state index contributed by atoms with van der Waals surface area (Å²) in [6, 6.07) is 2.07. The first kappa shape index (κ1) is 8.16. The molecule has 1 atom stereocenters. The lowest BCUT2D eigenvalue weighted by atomic mass is 10.1. The molecule has 0 saturated heterocycles. The SMILES string of the molecule is CC(=O)CC[C@@H](C)C#N. The lowest BCUT2D eigenvalue weighted by Gasteiger charge is -1.96. The molecule has 0 aromatic carbocycles.